The molecule has 0 atom stereocenters. The van der Waals surface area contributed by atoms with Crippen LogP contribution >= 0.6 is 23.2 Å². The van der Waals surface area contributed by atoms with Crippen LogP contribution < -0.4 is 0 Å². The zero-order valence-corrected chi connectivity index (χ0v) is 15.8. The second-order valence-corrected chi connectivity index (χ2v) is 7.00. The first-order valence-corrected chi connectivity index (χ1v) is 9.26. The molecule has 0 spiro atoms. The van der Waals surface area contributed by atoms with Gasteiger partial charge in [-0.1, -0.05) is 54.4 Å². The highest BCUT2D eigenvalue weighted by Crippen LogP contribution is 2.30. The molecule has 0 saturated carbocycles. The quantitative estimate of drug-likeness (QED) is 0.423. The van der Waals surface area contributed by atoms with Gasteiger partial charge in [0.25, 0.3) is 5.89 Å². The van der Waals surface area contributed by atoms with Crippen LogP contribution in [0.15, 0.2) is 52.9 Å². The van der Waals surface area contributed by atoms with E-state index in [1.807, 2.05) is 24.3 Å². The van der Waals surface area contributed by atoms with Crippen LogP contribution in [-0.2, 0) is 13.0 Å². The Kier molecular flexibility index (Phi) is 4.70. The van der Waals surface area contributed by atoms with E-state index in [0.717, 1.165) is 35.0 Å². The van der Waals surface area contributed by atoms with E-state index in [9.17, 15) is 0 Å². The predicted octanol–water partition coefficient (Wildman–Crippen LogP) is 6.00. The van der Waals surface area contributed by atoms with Crippen molar-refractivity contribution in [3.63, 3.8) is 0 Å². The highest BCUT2D eigenvalue weighted by atomic mass is 35.5. The molecule has 0 unspecified atom stereocenters. The van der Waals surface area contributed by atoms with E-state index in [1.54, 1.807) is 6.07 Å². The van der Waals surface area contributed by atoms with Gasteiger partial charge in [0.2, 0.25) is 5.89 Å². The molecule has 4 rings (SSSR count). The van der Waals surface area contributed by atoms with Crippen molar-refractivity contribution < 1.29 is 4.42 Å². The van der Waals surface area contributed by atoms with Crippen LogP contribution in [0.1, 0.15) is 24.8 Å². The molecule has 6 heteroatoms. The molecule has 4 aromatic rings. The molecule has 132 valence electrons. The van der Waals surface area contributed by atoms with Gasteiger partial charge in [-0.2, -0.15) is 0 Å². The molecule has 0 fully saturated rings. The van der Waals surface area contributed by atoms with Gasteiger partial charge in [-0.25, -0.2) is 0 Å². The van der Waals surface area contributed by atoms with Crippen molar-refractivity contribution in [3.8, 4) is 11.6 Å². The average molecular weight is 386 g/mol. The summed E-state index contributed by atoms with van der Waals surface area (Å²) in [6.45, 7) is 2.67. The summed E-state index contributed by atoms with van der Waals surface area (Å²) in [5, 5.41) is 10.8. The fourth-order valence-corrected chi connectivity index (χ4v) is 3.52. The Morgan fingerprint density at radius 2 is 1.88 bits per heavy atom. The van der Waals surface area contributed by atoms with Crippen molar-refractivity contribution in [1.29, 1.82) is 0 Å². The molecule has 0 saturated heterocycles. The smallest absolute Gasteiger partial charge is 0.264 e. The van der Waals surface area contributed by atoms with Gasteiger partial charge in [0.05, 0.1) is 0 Å². The normalized spacial score (nSPS) is 11.3. The molecule has 0 N–H and O–H groups in total. The monoisotopic (exact) mass is 385 g/mol. The predicted molar refractivity (Wildman–Crippen MR) is 105 cm³/mol. The van der Waals surface area contributed by atoms with Crippen molar-refractivity contribution >= 4 is 34.1 Å². The fourth-order valence-electron chi connectivity index (χ4n) is 3.05. The first-order valence-electron chi connectivity index (χ1n) is 8.50. The molecule has 0 radical (unpaired) electrons. The van der Waals surface area contributed by atoms with Crippen LogP contribution in [0.5, 0.6) is 0 Å². The molecule has 4 nitrogen and oxygen atoms in total. The van der Waals surface area contributed by atoms with Gasteiger partial charge in [-0.15, -0.1) is 10.2 Å². The van der Waals surface area contributed by atoms with Gasteiger partial charge in [0, 0.05) is 33.9 Å². The molecular formula is C20H17Cl2N3O. The van der Waals surface area contributed by atoms with Crippen molar-refractivity contribution in [3.05, 3.63) is 70.0 Å². The zero-order chi connectivity index (χ0) is 18.1. The molecule has 2 aromatic heterocycles. The summed E-state index contributed by atoms with van der Waals surface area (Å²) < 4.78 is 8.02. The third-order valence-corrected chi connectivity index (χ3v) is 4.89. The number of fused-ring (bicyclic) bond motifs is 1. The Labute approximate surface area is 161 Å². The lowest BCUT2D eigenvalue weighted by molar-refractivity contribution is 0.498. The van der Waals surface area contributed by atoms with Crippen LogP contribution in [0.2, 0.25) is 10.0 Å². The second-order valence-electron chi connectivity index (χ2n) is 6.16. The minimum atomic E-state index is 0.523. The molecule has 0 aliphatic rings. The summed E-state index contributed by atoms with van der Waals surface area (Å²) in [5.74, 6) is 1.18. The van der Waals surface area contributed by atoms with Crippen molar-refractivity contribution in [2.75, 3.05) is 0 Å². The van der Waals surface area contributed by atoms with Crippen LogP contribution in [-0.4, -0.2) is 14.8 Å². The largest absolute Gasteiger partial charge is 0.419 e. The zero-order valence-electron chi connectivity index (χ0n) is 14.2. The van der Waals surface area contributed by atoms with E-state index in [0.29, 0.717) is 28.4 Å². The van der Waals surface area contributed by atoms with Gasteiger partial charge in [-0.3, -0.25) is 0 Å². The Hall–Kier alpha value is -2.30. The lowest BCUT2D eigenvalue weighted by Gasteiger charge is -2.11. The maximum atomic E-state index is 6.39. The Bertz CT molecular complexity index is 1070. The topological polar surface area (TPSA) is 43.9 Å². The van der Waals surface area contributed by atoms with Crippen LogP contribution in [0, 0.1) is 0 Å². The molecule has 2 heterocycles. The average Bonchev–Trinajstić information content (AvgIpc) is 3.22. The number of hydrogen-bond donors (Lipinski definition) is 0. The fraction of sp³-hybridized carbons (Fsp3) is 0.200. The number of rotatable bonds is 5. The molecule has 2 aromatic carbocycles. The maximum Gasteiger partial charge on any atom is 0.264 e. The summed E-state index contributed by atoms with van der Waals surface area (Å²) in [6, 6.07) is 15.8. The summed E-state index contributed by atoms with van der Waals surface area (Å²) >= 11 is 12.4. The lowest BCUT2D eigenvalue weighted by atomic mass is 10.2. The van der Waals surface area contributed by atoms with Gasteiger partial charge >= 0.3 is 0 Å². The number of para-hydroxylation sites is 1. The first kappa shape index (κ1) is 17.1. The number of hydrogen-bond acceptors (Lipinski definition) is 3. The maximum absolute atomic E-state index is 6.39. The highest BCUT2D eigenvalue weighted by Gasteiger charge is 2.17. The third kappa shape index (κ3) is 3.22. The SMILES string of the molecule is CCCc1nnc(-c2cc3ccccc3n2Cc2ccc(Cl)cc2Cl)o1. The number of aromatic nitrogens is 3. The summed E-state index contributed by atoms with van der Waals surface area (Å²) in [5.41, 5.74) is 2.95. The van der Waals surface area contributed by atoms with Gasteiger partial charge in [-0.05, 0) is 36.2 Å². The molecule has 0 aliphatic heterocycles. The first-order chi connectivity index (χ1) is 12.7. The van der Waals surface area contributed by atoms with Crippen LogP contribution in [0.25, 0.3) is 22.5 Å². The molecule has 0 bridgehead atoms. The number of nitrogens with zero attached hydrogens (tertiary/aromatic N) is 3. The Morgan fingerprint density at radius 1 is 1.04 bits per heavy atom. The van der Waals surface area contributed by atoms with E-state index >= 15 is 0 Å². The summed E-state index contributed by atoms with van der Waals surface area (Å²) in [4.78, 5) is 0. The minimum Gasteiger partial charge on any atom is -0.419 e. The number of benzene rings is 2. The van der Waals surface area contributed by atoms with E-state index in [-0.39, 0.29) is 0 Å². The molecule has 0 aliphatic carbocycles. The van der Waals surface area contributed by atoms with E-state index in [4.69, 9.17) is 27.6 Å². The molecule has 26 heavy (non-hydrogen) atoms. The standard InChI is InChI=1S/C20H17Cl2N3O/c1-2-5-19-23-24-20(26-19)18-10-13-6-3-4-7-17(13)25(18)12-14-8-9-15(21)11-16(14)22/h3-4,6-11H,2,5,12H2,1H3. The van der Waals surface area contributed by atoms with E-state index < -0.39 is 0 Å². The number of aryl methyl sites for hydroxylation is 1. The molecular weight excluding hydrogens is 369 g/mol. The van der Waals surface area contributed by atoms with Crippen LogP contribution in [0.4, 0.5) is 0 Å². The van der Waals surface area contributed by atoms with E-state index in [2.05, 4.69) is 39.9 Å². The Balaban J connectivity index is 1.83. The summed E-state index contributed by atoms with van der Waals surface area (Å²) in [7, 11) is 0. The van der Waals surface area contributed by atoms with Gasteiger partial charge < -0.3 is 8.98 Å². The van der Waals surface area contributed by atoms with Crippen LogP contribution in [0.3, 0.4) is 0 Å². The lowest BCUT2D eigenvalue weighted by Crippen LogP contribution is -2.02. The van der Waals surface area contributed by atoms with Gasteiger partial charge in [0.1, 0.15) is 5.69 Å². The van der Waals surface area contributed by atoms with Crippen molar-refractivity contribution in [1.82, 2.24) is 14.8 Å². The molecule has 0 amide bonds. The van der Waals surface area contributed by atoms with E-state index in [1.165, 1.54) is 0 Å². The van der Waals surface area contributed by atoms with Gasteiger partial charge in [0.15, 0.2) is 0 Å². The Morgan fingerprint density at radius 3 is 2.69 bits per heavy atom. The van der Waals surface area contributed by atoms with Crippen molar-refractivity contribution in [2.24, 2.45) is 0 Å². The van der Waals surface area contributed by atoms with Crippen molar-refractivity contribution in [2.45, 2.75) is 26.3 Å². The summed E-state index contributed by atoms with van der Waals surface area (Å²) in [6.07, 6.45) is 1.74. The highest BCUT2D eigenvalue weighted by molar-refractivity contribution is 6.35. The second kappa shape index (κ2) is 7.14. The third-order valence-electron chi connectivity index (χ3n) is 4.30. The number of halogens is 2. The minimum absolute atomic E-state index is 0.523.